The zero-order valence-corrected chi connectivity index (χ0v) is 14.0. The first kappa shape index (κ1) is 17.8. The molecule has 0 fully saturated rings. The van der Waals surface area contributed by atoms with Crippen molar-refractivity contribution < 1.29 is 24.1 Å². The summed E-state index contributed by atoms with van der Waals surface area (Å²) in [6.07, 6.45) is 1.46. The average molecular weight is 378 g/mol. The number of benzene rings is 2. The fourth-order valence-corrected chi connectivity index (χ4v) is 2.50. The zero-order valence-electron chi connectivity index (χ0n) is 13.3. The summed E-state index contributed by atoms with van der Waals surface area (Å²) in [7, 11) is 0. The highest BCUT2D eigenvalue weighted by Crippen LogP contribution is 2.30. The fourth-order valence-electron chi connectivity index (χ4n) is 2.29. The molecule has 1 heterocycles. The Balaban J connectivity index is 1.74. The van der Waals surface area contributed by atoms with Crippen LogP contribution in [0.5, 0.6) is 5.75 Å². The Bertz CT molecular complexity index is 961. The summed E-state index contributed by atoms with van der Waals surface area (Å²) in [5, 5.41) is 27.0. The van der Waals surface area contributed by atoms with E-state index in [1.54, 1.807) is 18.2 Å². The third-order valence-corrected chi connectivity index (χ3v) is 3.76. The van der Waals surface area contributed by atoms with Gasteiger partial charge in [0.1, 0.15) is 22.8 Å². The number of aromatic nitrogens is 3. The van der Waals surface area contributed by atoms with Crippen molar-refractivity contribution in [1.82, 2.24) is 15.0 Å². The second kappa shape index (κ2) is 7.51. The van der Waals surface area contributed by atoms with Crippen LogP contribution in [0.3, 0.4) is 0 Å². The molecule has 0 saturated heterocycles. The number of carbonyl (C=O) groups is 1. The van der Waals surface area contributed by atoms with E-state index in [4.69, 9.17) is 21.4 Å². The Morgan fingerprint density at radius 3 is 2.77 bits per heavy atom. The normalized spacial score (nSPS) is 10.8. The molecule has 0 bridgehead atoms. The van der Waals surface area contributed by atoms with E-state index < -0.39 is 11.7 Å². The molecule has 0 unspecified atom stereocenters. The summed E-state index contributed by atoms with van der Waals surface area (Å²) < 4.78 is 20.1. The molecule has 1 aromatic heterocycles. The predicted octanol–water partition coefficient (Wildman–Crippen LogP) is 3.18. The van der Waals surface area contributed by atoms with Crippen molar-refractivity contribution in [3.05, 3.63) is 70.3 Å². The lowest BCUT2D eigenvalue weighted by Crippen LogP contribution is -2.02. The number of halogens is 2. The van der Waals surface area contributed by atoms with Crippen LogP contribution in [0.2, 0.25) is 5.02 Å². The summed E-state index contributed by atoms with van der Waals surface area (Å²) >= 11 is 5.89. The Morgan fingerprint density at radius 1 is 1.27 bits per heavy atom. The maximum Gasteiger partial charge on any atom is 0.339 e. The number of hydrogen-bond donors (Lipinski definition) is 2. The van der Waals surface area contributed by atoms with Gasteiger partial charge in [0.2, 0.25) is 0 Å². The molecule has 3 aromatic rings. The number of phenols is 1. The van der Waals surface area contributed by atoms with Crippen LogP contribution >= 0.6 is 11.6 Å². The lowest BCUT2D eigenvalue weighted by Gasteiger charge is -2.07. The number of aromatic carboxylic acids is 1. The van der Waals surface area contributed by atoms with Crippen LogP contribution in [-0.4, -0.2) is 31.2 Å². The average Bonchev–Trinajstić information content (AvgIpc) is 3.07. The number of carboxylic acids is 1. The second-order valence-electron chi connectivity index (χ2n) is 5.36. The second-order valence-corrected chi connectivity index (χ2v) is 5.80. The summed E-state index contributed by atoms with van der Waals surface area (Å²) in [4.78, 5) is 11.2. The van der Waals surface area contributed by atoms with Gasteiger partial charge < -0.3 is 14.9 Å². The molecular weight excluding hydrogens is 365 g/mol. The Kier molecular flexibility index (Phi) is 5.15. The van der Waals surface area contributed by atoms with Gasteiger partial charge in [0, 0.05) is 10.6 Å². The topological polar surface area (TPSA) is 97.5 Å². The quantitative estimate of drug-likeness (QED) is 0.684. The Hall–Kier alpha value is -2.97. The van der Waals surface area contributed by atoms with Crippen LogP contribution in [0, 0.1) is 5.82 Å². The van der Waals surface area contributed by atoms with Gasteiger partial charge in [-0.2, -0.15) is 0 Å². The highest BCUT2D eigenvalue weighted by atomic mass is 35.5. The Morgan fingerprint density at radius 2 is 2.04 bits per heavy atom. The molecule has 0 spiro atoms. The lowest BCUT2D eigenvalue weighted by molar-refractivity contribution is 0.0693. The molecule has 0 atom stereocenters. The van der Waals surface area contributed by atoms with Gasteiger partial charge in [-0.1, -0.05) is 35.0 Å². The van der Waals surface area contributed by atoms with E-state index in [2.05, 4.69) is 10.3 Å². The van der Waals surface area contributed by atoms with E-state index in [9.17, 15) is 14.3 Å². The third-order valence-electron chi connectivity index (χ3n) is 3.54. The van der Waals surface area contributed by atoms with Crippen LogP contribution in [0.15, 0.2) is 42.6 Å². The standard InChI is InChI=1S/C17H13ClFN3O4/c18-11-5-13(17(24)25)16(23)15(6-11)22-7-12(20-21-22)9-26-8-10-3-1-2-4-14(10)19/h1-7,23H,8-9H2,(H,24,25). The van der Waals surface area contributed by atoms with Gasteiger partial charge >= 0.3 is 5.97 Å². The molecule has 0 aliphatic rings. The van der Waals surface area contributed by atoms with Crippen molar-refractivity contribution in [2.75, 3.05) is 0 Å². The van der Waals surface area contributed by atoms with E-state index in [1.807, 2.05) is 0 Å². The third kappa shape index (κ3) is 3.81. The van der Waals surface area contributed by atoms with Crippen molar-refractivity contribution in [1.29, 1.82) is 0 Å². The van der Waals surface area contributed by atoms with Crippen molar-refractivity contribution in [2.24, 2.45) is 0 Å². The fraction of sp³-hybridized carbons (Fsp3) is 0.118. The zero-order chi connectivity index (χ0) is 18.7. The van der Waals surface area contributed by atoms with Crippen molar-refractivity contribution >= 4 is 17.6 Å². The number of carboxylic acid groups (broad SMARTS) is 1. The number of nitrogens with zero attached hydrogens (tertiary/aromatic N) is 3. The SMILES string of the molecule is O=C(O)c1cc(Cl)cc(-n2cc(COCc3ccccc3F)nn2)c1O. The smallest absolute Gasteiger partial charge is 0.339 e. The molecule has 0 aliphatic heterocycles. The van der Waals surface area contributed by atoms with Crippen LogP contribution in [0.4, 0.5) is 4.39 Å². The van der Waals surface area contributed by atoms with Crippen molar-refractivity contribution in [3.63, 3.8) is 0 Å². The number of hydrogen-bond acceptors (Lipinski definition) is 5. The van der Waals surface area contributed by atoms with Crippen molar-refractivity contribution in [3.8, 4) is 11.4 Å². The first-order valence-corrected chi connectivity index (χ1v) is 7.82. The summed E-state index contributed by atoms with van der Waals surface area (Å²) in [5.74, 6) is -2.16. The highest BCUT2D eigenvalue weighted by Gasteiger charge is 2.17. The number of aromatic hydroxyl groups is 1. The van der Waals surface area contributed by atoms with Gasteiger partial charge in [-0.15, -0.1) is 5.10 Å². The summed E-state index contributed by atoms with van der Waals surface area (Å²) in [6.45, 7) is 0.118. The van der Waals surface area contributed by atoms with E-state index >= 15 is 0 Å². The molecule has 134 valence electrons. The minimum Gasteiger partial charge on any atom is -0.505 e. The van der Waals surface area contributed by atoms with E-state index in [-0.39, 0.29) is 35.3 Å². The monoisotopic (exact) mass is 377 g/mol. The van der Waals surface area contributed by atoms with Crippen LogP contribution < -0.4 is 0 Å². The first-order valence-electron chi connectivity index (χ1n) is 7.44. The largest absolute Gasteiger partial charge is 0.505 e. The minimum absolute atomic E-state index is 0.0570. The Labute approximate surface area is 152 Å². The molecule has 0 radical (unpaired) electrons. The van der Waals surface area contributed by atoms with Gasteiger partial charge in [0.15, 0.2) is 5.75 Å². The van der Waals surface area contributed by atoms with E-state index in [0.29, 0.717) is 11.3 Å². The molecule has 2 N–H and O–H groups in total. The van der Waals surface area contributed by atoms with Crippen LogP contribution in [-0.2, 0) is 18.0 Å². The molecule has 2 aromatic carbocycles. The van der Waals surface area contributed by atoms with Gasteiger partial charge in [0.05, 0.1) is 19.4 Å². The lowest BCUT2D eigenvalue weighted by atomic mass is 10.1. The van der Waals surface area contributed by atoms with Crippen molar-refractivity contribution in [2.45, 2.75) is 13.2 Å². The summed E-state index contributed by atoms with van der Waals surface area (Å²) in [6, 6.07) is 8.76. The van der Waals surface area contributed by atoms with E-state index in [0.717, 1.165) is 6.07 Å². The van der Waals surface area contributed by atoms with E-state index in [1.165, 1.54) is 23.0 Å². The van der Waals surface area contributed by atoms with Gasteiger partial charge in [0.25, 0.3) is 0 Å². The van der Waals surface area contributed by atoms with Gasteiger partial charge in [-0.25, -0.2) is 13.9 Å². The molecule has 26 heavy (non-hydrogen) atoms. The van der Waals surface area contributed by atoms with Crippen LogP contribution in [0.1, 0.15) is 21.6 Å². The van der Waals surface area contributed by atoms with Crippen LogP contribution in [0.25, 0.3) is 5.69 Å². The highest BCUT2D eigenvalue weighted by molar-refractivity contribution is 6.31. The minimum atomic E-state index is -1.32. The molecule has 0 aliphatic carbocycles. The molecule has 0 saturated carbocycles. The predicted molar refractivity (Wildman–Crippen MR) is 89.9 cm³/mol. The van der Waals surface area contributed by atoms with Gasteiger partial charge in [-0.3, -0.25) is 0 Å². The number of rotatable bonds is 6. The molecular formula is C17H13ClFN3O4. The first-order chi connectivity index (χ1) is 12.5. The maximum absolute atomic E-state index is 13.5. The molecule has 0 amide bonds. The summed E-state index contributed by atoms with van der Waals surface area (Å²) in [5.41, 5.74) is 0.555. The molecule has 9 heteroatoms. The number of ether oxygens (including phenoxy) is 1. The molecule has 7 nitrogen and oxygen atoms in total. The van der Waals surface area contributed by atoms with Gasteiger partial charge in [-0.05, 0) is 18.2 Å². The molecule has 3 rings (SSSR count). The maximum atomic E-state index is 13.5.